The van der Waals surface area contributed by atoms with Gasteiger partial charge in [-0.05, 0) is 69.7 Å². The summed E-state index contributed by atoms with van der Waals surface area (Å²) in [5, 5.41) is 16.0. The van der Waals surface area contributed by atoms with Crippen LogP contribution in [0, 0.1) is 0 Å². The maximum absolute atomic E-state index is 13.9. The van der Waals surface area contributed by atoms with Gasteiger partial charge in [0.2, 0.25) is 17.7 Å². The molecule has 0 bridgehead atoms. The van der Waals surface area contributed by atoms with Gasteiger partial charge in [0, 0.05) is 30.1 Å². The van der Waals surface area contributed by atoms with Crippen LogP contribution >= 0.6 is 0 Å². The molecule has 1 saturated heterocycles. The van der Waals surface area contributed by atoms with Gasteiger partial charge >= 0.3 is 5.97 Å². The Balaban J connectivity index is 1.78. The Kier molecular flexibility index (Phi) is 11.9. The molecule has 2 aromatic rings. The van der Waals surface area contributed by atoms with E-state index in [9.17, 15) is 24.3 Å². The molecule has 3 rings (SSSR count). The van der Waals surface area contributed by atoms with Gasteiger partial charge in [-0.3, -0.25) is 14.4 Å². The summed E-state index contributed by atoms with van der Waals surface area (Å²) >= 11 is 0. The van der Waals surface area contributed by atoms with E-state index in [1.54, 1.807) is 0 Å². The van der Waals surface area contributed by atoms with E-state index in [0.29, 0.717) is 58.2 Å². The Labute approximate surface area is 234 Å². The van der Waals surface area contributed by atoms with Crippen LogP contribution < -0.4 is 27.8 Å². The van der Waals surface area contributed by atoms with Crippen molar-refractivity contribution in [3.63, 3.8) is 0 Å². The number of fused-ring (bicyclic) bond motifs is 1. The molecule has 0 saturated carbocycles. The quantitative estimate of drug-likeness (QED) is 0.143. The fourth-order valence-corrected chi connectivity index (χ4v) is 5.16. The number of nitrogens with two attached hydrogens (primary N) is 3. The second-order valence-corrected chi connectivity index (χ2v) is 10.4. The molecule has 1 aromatic carbocycles. The zero-order valence-corrected chi connectivity index (χ0v) is 22.9. The van der Waals surface area contributed by atoms with Gasteiger partial charge in [-0.15, -0.1) is 0 Å². The van der Waals surface area contributed by atoms with Crippen LogP contribution in [0.1, 0.15) is 56.9 Å². The van der Waals surface area contributed by atoms with E-state index >= 15 is 0 Å². The second kappa shape index (κ2) is 15.3. The van der Waals surface area contributed by atoms with E-state index in [0.717, 1.165) is 22.9 Å². The number of unbranched alkanes of at least 4 members (excludes halogenated alkanes) is 2. The SMILES string of the molecule is NCCCCC(N)C(=O)NC(Cc1c[nH]c2ccccc12)C(=O)N1CCCC1C(=O)NC(CCCCN)C(=O)O. The number of carbonyl (C=O) groups is 4. The lowest BCUT2D eigenvalue weighted by Gasteiger charge is -2.30. The highest BCUT2D eigenvalue weighted by atomic mass is 16.4. The summed E-state index contributed by atoms with van der Waals surface area (Å²) in [6.07, 6.45) is 6.33. The number of benzene rings is 1. The van der Waals surface area contributed by atoms with Crippen molar-refractivity contribution in [2.24, 2.45) is 17.2 Å². The maximum Gasteiger partial charge on any atom is 0.326 e. The average molecular weight is 558 g/mol. The number of likely N-dealkylation sites (tertiary alicyclic amines) is 1. The Morgan fingerprint density at radius 2 is 1.70 bits per heavy atom. The number of aliphatic carboxylic acids is 1. The molecule has 1 fully saturated rings. The first-order chi connectivity index (χ1) is 19.3. The number of H-pyrrole nitrogens is 1. The minimum atomic E-state index is -1.13. The first kappa shape index (κ1) is 31.1. The first-order valence-electron chi connectivity index (χ1n) is 14.1. The highest BCUT2D eigenvalue weighted by Crippen LogP contribution is 2.23. The minimum Gasteiger partial charge on any atom is -0.480 e. The Morgan fingerprint density at radius 3 is 2.40 bits per heavy atom. The lowest BCUT2D eigenvalue weighted by Crippen LogP contribution is -2.57. The van der Waals surface area contributed by atoms with E-state index in [4.69, 9.17) is 17.2 Å². The van der Waals surface area contributed by atoms with Gasteiger partial charge in [0.05, 0.1) is 6.04 Å². The van der Waals surface area contributed by atoms with Crippen LogP contribution in [0.3, 0.4) is 0 Å². The molecule has 0 aliphatic carbocycles. The van der Waals surface area contributed by atoms with Crippen molar-refractivity contribution >= 4 is 34.6 Å². The van der Waals surface area contributed by atoms with Gasteiger partial charge < -0.3 is 42.8 Å². The van der Waals surface area contributed by atoms with Crippen LogP contribution in [-0.2, 0) is 25.6 Å². The van der Waals surface area contributed by atoms with E-state index < -0.39 is 47.9 Å². The highest BCUT2D eigenvalue weighted by molar-refractivity contribution is 5.95. The van der Waals surface area contributed by atoms with Gasteiger partial charge in [-0.25, -0.2) is 4.79 Å². The Morgan fingerprint density at radius 1 is 1.00 bits per heavy atom. The first-order valence-corrected chi connectivity index (χ1v) is 14.1. The molecule has 220 valence electrons. The molecule has 40 heavy (non-hydrogen) atoms. The third kappa shape index (κ3) is 8.26. The predicted octanol–water partition coefficient (Wildman–Crippen LogP) is 0.341. The molecule has 12 heteroatoms. The van der Waals surface area contributed by atoms with Gasteiger partial charge in [0.15, 0.2) is 0 Å². The lowest BCUT2D eigenvalue weighted by atomic mass is 10.0. The summed E-state index contributed by atoms with van der Waals surface area (Å²) in [5.41, 5.74) is 18.9. The van der Waals surface area contributed by atoms with Crippen molar-refractivity contribution in [1.29, 1.82) is 0 Å². The molecule has 0 radical (unpaired) electrons. The number of rotatable bonds is 16. The number of hydrogen-bond donors (Lipinski definition) is 7. The third-order valence-electron chi connectivity index (χ3n) is 7.42. The van der Waals surface area contributed by atoms with Crippen LogP contribution in [0.25, 0.3) is 10.9 Å². The molecule has 4 unspecified atom stereocenters. The minimum absolute atomic E-state index is 0.200. The number of amides is 3. The van der Waals surface area contributed by atoms with E-state index in [-0.39, 0.29) is 12.8 Å². The fourth-order valence-electron chi connectivity index (χ4n) is 5.16. The number of para-hydroxylation sites is 1. The molecule has 1 aliphatic heterocycles. The van der Waals surface area contributed by atoms with Gasteiger partial charge in [0.25, 0.3) is 0 Å². The molecule has 10 N–H and O–H groups in total. The smallest absolute Gasteiger partial charge is 0.326 e. The number of nitrogens with zero attached hydrogens (tertiary/aromatic N) is 1. The zero-order valence-electron chi connectivity index (χ0n) is 22.9. The number of nitrogens with one attached hydrogen (secondary N) is 3. The Hall–Kier alpha value is -3.48. The predicted molar refractivity (Wildman–Crippen MR) is 152 cm³/mol. The summed E-state index contributed by atoms with van der Waals surface area (Å²) in [6, 6.07) is 4.01. The summed E-state index contributed by atoms with van der Waals surface area (Å²) in [5.74, 6) is -2.49. The molecule has 3 amide bonds. The molecular formula is C28H43N7O5. The van der Waals surface area contributed by atoms with Crippen molar-refractivity contribution in [3.8, 4) is 0 Å². The molecule has 1 aliphatic rings. The molecule has 4 atom stereocenters. The third-order valence-corrected chi connectivity index (χ3v) is 7.42. The van der Waals surface area contributed by atoms with Crippen LogP contribution in [0.5, 0.6) is 0 Å². The van der Waals surface area contributed by atoms with Gasteiger partial charge in [-0.1, -0.05) is 24.6 Å². The van der Waals surface area contributed by atoms with Gasteiger partial charge in [-0.2, -0.15) is 0 Å². The van der Waals surface area contributed by atoms with Crippen LogP contribution in [-0.4, -0.2) is 82.5 Å². The molecule has 2 heterocycles. The maximum atomic E-state index is 13.9. The van der Waals surface area contributed by atoms with Crippen LogP contribution in [0.2, 0.25) is 0 Å². The summed E-state index contributed by atoms with van der Waals surface area (Å²) in [4.78, 5) is 56.5. The number of aromatic nitrogens is 1. The van der Waals surface area contributed by atoms with E-state index in [1.165, 1.54) is 4.90 Å². The fraction of sp³-hybridized carbons (Fsp3) is 0.571. The van der Waals surface area contributed by atoms with Crippen molar-refractivity contribution < 1.29 is 24.3 Å². The largest absolute Gasteiger partial charge is 0.480 e. The van der Waals surface area contributed by atoms with Crippen molar-refractivity contribution in [1.82, 2.24) is 20.5 Å². The molecule has 1 aromatic heterocycles. The van der Waals surface area contributed by atoms with E-state index in [1.807, 2.05) is 30.5 Å². The normalized spacial score (nSPS) is 17.4. The van der Waals surface area contributed by atoms with Gasteiger partial charge in [0.1, 0.15) is 18.1 Å². The number of carbonyl (C=O) groups excluding carboxylic acids is 3. The number of aromatic amines is 1. The summed E-state index contributed by atoms with van der Waals surface area (Å²) in [6.45, 7) is 1.26. The van der Waals surface area contributed by atoms with Crippen molar-refractivity contribution in [2.75, 3.05) is 19.6 Å². The summed E-state index contributed by atoms with van der Waals surface area (Å²) < 4.78 is 0. The molecule has 12 nitrogen and oxygen atoms in total. The Bertz CT molecular complexity index is 1150. The lowest BCUT2D eigenvalue weighted by molar-refractivity contribution is -0.145. The molecular weight excluding hydrogens is 514 g/mol. The summed E-state index contributed by atoms with van der Waals surface area (Å²) in [7, 11) is 0. The van der Waals surface area contributed by atoms with E-state index in [2.05, 4.69) is 15.6 Å². The second-order valence-electron chi connectivity index (χ2n) is 10.4. The van der Waals surface area contributed by atoms with Crippen LogP contribution in [0.15, 0.2) is 30.5 Å². The average Bonchev–Trinajstić information content (AvgIpc) is 3.59. The highest BCUT2D eigenvalue weighted by Gasteiger charge is 2.39. The number of hydrogen-bond acceptors (Lipinski definition) is 7. The standard InChI is InChI=1S/C28H43N7O5/c29-13-5-3-9-20(31)25(36)34-23(16-18-17-32-21-10-2-1-8-19(18)21)27(38)35-15-7-12-24(35)26(37)33-22(28(39)40)11-4-6-14-30/h1-2,8,10,17,20,22-24,32H,3-7,9,11-16,29-31H2,(H,33,37)(H,34,36)(H,39,40). The number of carboxylic acids is 1. The zero-order chi connectivity index (χ0) is 29.1. The van der Waals surface area contributed by atoms with Crippen LogP contribution in [0.4, 0.5) is 0 Å². The molecule has 0 spiro atoms. The number of carboxylic acid groups (broad SMARTS) is 1. The van der Waals surface area contributed by atoms with Crippen molar-refractivity contribution in [3.05, 3.63) is 36.0 Å². The monoisotopic (exact) mass is 557 g/mol. The topological polar surface area (TPSA) is 210 Å². The van der Waals surface area contributed by atoms with Crippen molar-refractivity contribution in [2.45, 2.75) is 82.0 Å².